The molecule has 0 N–H and O–H groups in total. The molecule has 0 amide bonds. The largest absolute Gasteiger partial charge is 0.486 e. The number of para-hydroxylation sites is 1. The van der Waals surface area contributed by atoms with Gasteiger partial charge in [0.15, 0.2) is 5.78 Å². The van der Waals surface area contributed by atoms with E-state index in [1.54, 1.807) is 0 Å². The van der Waals surface area contributed by atoms with Crippen LogP contribution in [0, 0.1) is 0 Å². The molecular formula is C13H16O2. The van der Waals surface area contributed by atoms with Gasteiger partial charge in [0.1, 0.15) is 12.4 Å². The SMILES string of the molecule is C=CCCCC(=O)COc1ccccc1. The maximum Gasteiger partial charge on any atom is 0.170 e. The number of rotatable bonds is 7. The van der Waals surface area contributed by atoms with Crippen molar-refractivity contribution in [3.63, 3.8) is 0 Å². The van der Waals surface area contributed by atoms with Gasteiger partial charge in [-0.2, -0.15) is 0 Å². The Morgan fingerprint density at radius 1 is 1.33 bits per heavy atom. The molecule has 15 heavy (non-hydrogen) atoms. The predicted molar refractivity (Wildman–Crippen MR) is 61.0 cm³/mol. The highest BCUT2D eigenvalue weighted by molar-refractivity contribution is 5.79. The number of Topliss-reactive ketones (excluding diaryl/α,β-unsaturated/α-hetero) is 1. The first-order valence-corrected chi connectivity index (χ1v) is 5.13. The number of ether oxygens (including phenoxy) is 1. The van der Waals surface area contributed by atoms with Crippen molar-refractivity contribution in [3.8, 4) is 5.75 Å². The second-order valence-corrected chi connectivity index (χ2v) is 3.32. The van der Waals surface area contributed by atoms with Crippen molar-refractivity contribution >= 4 is 5.78 Å². The van der Waals surface area contributed by atoms with E-state index in [2.05, 4.69) is 6.58 Å². The van der Waals surface area contributed by atoms with Crippen molar-refractivity contribution in [2.24, 2.45) is 0 Å². The van der Waals surface area contributed by atoms with Crippen LogP contribution in [0.3, 0.4) is 0 Å². The van der Waals surface area contributed by atoms with Gasteiger partial charge in [-0.25, -0.2) is 0 Å². The number of unbranched alkanes of at least 4 members (excludes halogenated alkanes) is 1. The number of carbonyl (C=O) groups excluding carboxylic acids is 1. The summed E-state index contributed by atoms with van der Waals surface area (Å²) in [5.74, 6) is 0.885. The summed E-state index contributed by atoms with van der Waals surface area (Å²) in [5.41, 5.74) is 0. The molecule has 0 saturated heterocycles. The van der Waals surface area contributed by atoms with Crippen LogP contribution in [0.15, 0.2) is 43.0 Å². The second kappa shape index (κ2) is 6.82. The van der Waals surface area contributed by atoms with Gasteiger partial charge in [-0.15, -0.1) is 6.58 Å². The van der Waals surface area contributed by atoms with Gasteiger partial charge in [0.2, 0.25) is 0 Å². The maximum atomic E-state index is 11.3. The third kappa shape index (κ3) is 5.01. The lowest BCUT2D eigenvalue weighted by atomic mass is 10.2. The zero-order valence-electron chi connectivity index (χ0n) is 8.82. The fourth-order valence-electron chi connectivity index (χ4n) is 1.20. The monoisotopic (exact) mass is 204 g/mol. The molecule has 1 rings (SSSR count). The first kappa shape index (κ1) is 11.5. The van der Waals surface area contributed by atoms with Gasteiger partial charge < -0.3 is 4.74 Å². The Hall–Kier alpha value is -1.57. The average molecular weight is 204 g/mol. The second-order valence-electron chi connectivity index (χ2n) is 3.32. The van der Waals surface area contributed by atoms with Crippen LogP contribution < -0.4 is 4.74 Å². The molecule has 0 bridgehead atoms. The van der Waals surface area contributed by atoms with Crippen LogP contribution in [-0.4, -0.2) is 12.4 Å². The van der Waals surface area contributed by atoms with Crippen molar-refractivity contribution in [2.75, 3.05) is 6.61 Å². The summed E-state index contributed by atoms with van der Waals surface area (Å²) in [6.45, 7) is 3.78. The Balaban J connectivity index is 2.20. The summed E-state index contributed by atoms with van der Waals surface area (Å²) in [7, 11) is 0. The Kier molecular flexibility index (Phi) is 5.23. The highest BCUT2D eigenvalue weighted by Gasteiger charge is 2.01. The molecule has 80 valence electrons. The van der Waals surface area contributed by atoms with Gasteiger partial charge in [0.25, 0.3) is 0 Å². The van der Waals surface area contributed by atoms with E-state index in [0.717, 1.165) is 18.6 Å². The zero-order valence-corrected chi connectivity index (χ0v) is 8.82. The quantitative estimate of drug-likeness (QED) is 0.504. The average Bonchev–Trinajstić information content (AvgIpc) is 2.28. The van der Waals surface area contributed by atoms with Crippen molar-refractivity contribution in [2.45, 2.75) is 19.3 Å². The summed E-state index contributed by atoms with van der Waals surface area (Å²) < 4.78 is 5.32. The number of ketones is 1. The molecule has 2 nitrogen and oxygen atoms in total. The van der Waals surface area contributed by atoms with Gasteiger partial charge in [-0.05, 0) is 25.0 Å². The number of hydrogen-bond acceptors (Lipinski definition) is 2. The minimum atomic E-state index is 0.140. The lowest BCUT2D eigenvalue weighted by Gasteiger charge is -2.04. The molecule has 1 aromatic rings. The normalized spacial score (nSPS) is 9.60. The number of benzene rings is 1. The highest BCUT2D eigenvalue weighted by Crippen LogP contribution is 2.08. The summed E-state index contributed by atoms with van der Waals surface area (Å²) in [5, 5.41) is 0. The Bertz CT molecular complexity index is 304. The molecule has 2 heteroatoms. The fraction of sp³-hybridized carbons (Fsp3) is 0.308. The summed E-state index contributed by atoms with van der Waals surface area (Å²) in [6, 6.07) is 9.38. The molecule has 0 spiro atoms. The Morgan fingerprint density at radius 2 is 2.07 bits per heavy atom. The van der Waals surface area contributed by atoms with E-state index in [1.165, 1.54) is 0 Å². The van der Waals surface area contributed by atoms with Crippen LogP contribution in [0.25, 0.3) is 0 Å². The van der Waals surface area contributed by atoms with Crippen molar-refractivity contribution in [1.29, 1.82) is 0 Å². The standard InChI is InChI=1S/C13H16O2/c1-2-3-5-8-12(14)11-15-13-9-6-4-7-10-13/h2,4,6-7,9-10H,1,3,5,8,11H2. The van der Waals surface area contributed by atoms with Crippen LogP contribution in [0.1, 0.15) is 19.3 Å². The first-order chi connectivity index (χ1) is 7.33. The summed E-state index contributed by atoms with van der Waals surface area (Å²) in [4.78, 5) is 11.3. The Labute approximate surface area is 90.6 Å². The molecule has 0 heterocycles. The molecular weight excluding hydrogens is 188 g/mol. The zero-order chi connectivity index (χ0) is 10.9. The van der Waals surface area contributed by atoms with E-state index in [-0.39, 0.29) is 12.4 Å². The van der Waals surface area contributed by atoms with Gasteiger partial charge in [-0.3, -0.25) is 4.79 Å². The van der Waals surface area contributed by atoms with Crippen LogP contribution in [0.2, 0.25) is 0 Å². The molecule has 0 radical (unpaired) electrons. The number of carbonyl (C=O) groups is 1. The van der Waals surface area contributed by atoms with E-state index < -0.39 is 0 Å². The highest BCUT2D eigenvalue weighted by atomic mass is 16.5. The summed E-state index contributed by atoms with van der Waals surface area (Å²) in [6.07, 6.45) is 4.14. The van der Waals surface area contributed by atoms with Crippen molar-refractivity contribution in [1.82, 2.24) is 0 Å². The van der Waals surface area contributed by atoms with Crippen molar-refractivity contribution < 1.29 is 9.53 Å². The molecule has 0 aromatic heterocycles. The predicted octanol–water partition coefficient (Wildman–Crippen LogP) is 2.99. The molecule has 0 aliphatic heterocycles. The maximum absolute atomic E-state index is 11.3. The molecule has 0 unspecified atom stereocenters. The lowest BCUT2D eigenvalue weighted by Crippen LogP contribution is -2.10. The summed E-state index contributed by atoms with van der Waals surface area (Å²) >= 11 is 0. The molecule has 0 aliphatic carbocycles. The van der Waals surface area contributed by atoms with Gasteiger partial charge in [0, 0.05) is 6.42 Å². The van der Waals surface area contributed by atoms with Crippen LogP contribution in [0.5, 0.6) is 5.75 Å². The smallest absolute Gasteiger partial charge is 0.170 e. The van der Waals surface area contributed by atoms with Crippen LogP contribution in [0.4, 0.5) is 0 Å². The van der Waals surface area contributed by atoms with Gasteiger partial charge >= 0.3 is 0 Å². The van der Waals surface area contributed by atoms with Crippen molar-refractivity contribution in [3.05, 3.63) is 43.0 Å². The third-order valence-corrected chi connectivity index (χ3v) is 2.01. The minimum Gasteiger partial charge on any atom is -0.486 e. The molecule has 0 atom stereocenters. The molecule has 0 fully saturated rings. The van der Waals surface area contributed by atoms with E-state index in [1.807, 2.05) is 36.4 Å². The van der Waals surface area contributed by atoms with E-state index >= 15 is 0 Å². The fourth-order valence-corrected chi connectivity index (χ4v) is 1.20. The van der Waals surface area contributed by atoms with Gasteiger partial charge in [-0.1, -0.05) is 24.3 Å². The first-order valence-electron chi connectivity index (χ1n) is 5.13. The minimum absolute atomic E-state index is 0.140. The van der Waals surface area contributed by atoms with E-state index in [4.69, 9.17) is 4.74 Å². The van der Waals surface area contributed by atoms with Crippen LogP contribution >= 0.6 is 0 Å². The molecule has 0 aliphatic rings. The van der Waals surface area contributed by atoms with Crippen LogP contribution in [-0.2, 0) is 4.79 Å². The lowest BCUT2D eigenvalue weighted by molar-refractivity contribution is -0.121. The topological polar surface area (TPSA) is 26.3 Å². The number of allylic oxidation sites excluding steroid dienone is 1. The number of hydrogen-bond donors (Lipinski definition) is 0. The Morgan fingerprint density at radius 3 is 2.73 bits per heavy atom. The van der Waals surface area contributed by atoms with Gasteiger partial charge in [0.05, 0.1) is 0 Å². The third-order valence-electron chi connectivity index (χ3n) is 2.01. The van der Waals surface area contributed by atoms with E-state index in [9.17, 15) is 4.79 Å². The van der Waals surface area contributed by atoms with E-state index in [0.29, 0.717) is 6.42 Å². The molecule has 0 saturated carbocycles. The molecule has 1 aromatic carbocycles.